The van der Waals surface area contributed by atoms with Crippen LogP contribution in [0.2, 0.25) is 0 Å². The van der Waals surface area contributed by atoms with Gasteiger partial charge in [0.05, 0.1) is 26.4 Å². The normalized spacial score (nSPS) is 24.0. The van der Waals surface area contributed by atoms with E-state index >= 15 is 0 Å². The summed E-state index contributed by atoms with van der Waals surface area (Å²) in [5.74, 6) is -0.780. The van der Waals surface area contributed by atoms with Gasteiger partial charge in [0.25, 0.3) is 0 Å². The fourth-order valence-corrected chi connectivity index (χ4v) is 5.08. The molecule has 0 spiro atoms. The van der Waals surface area contributed by atoms with Crippen molar-refractivity contribution in [2.24, 2.45) is 0 Å². The van der Waals surface area contributed by atoms with Gasteiger partial charge in [-0.25, -0.2) is 0 Å². The molecule has 2 atom stereocenters. The molecule has 0 aromatic heterocycles. The molecule has 5 heteroatoms. The molecule has 0 saturated carbocycles. The fraction of sp³-hybridized carbons (Fsp3) is 1.00. The second-order valence-electron chi connectivity index (χ2n) is 10.3. The first-order valence-electron chi connectivity index (χ1n) is 14.3. The largest absolute Gasteiger partial charge is 0.376 e. The van der Waals surface area contributed by atoms with Crippen molar-refractivity contribution in [3.05, 3.63) is 0 Å². The molecule has 0 aromatic rings. The number of hydrogen-bond acceptors (Lipinski definition) is 5. The van der Waals surface area contributed by atoms with E-state index in [0.717, 1.165) is 25.7 Å². The summed E-state index contributed by atoms with van der Waals surface area (Å²) < 4.78 is 31.5. The molecule has 33 heavy (non-hydrogen) atoms. The average molecular weight is 471 g/mol. The van der Waals surface area contributed by atoms with Crippen molar-refractivity contribution < 1.29 is 23.7 Å². The molecule has 5 nitrogen and oxygen atoms in total. The molecule has 2 fully saturated rings. The van der Waals surface area contributed by atoms with Crippen molar-refractivity contribution in [2.45, 2.75) is 154 Å². The second kappa shape index (κ2) is 16.5. The summed E-state index contributed by atoms with van der Waals surface area (Å²) in [5.41, 5.74) is 0. The highest BCUT2D eigenvalue weighted by molar-refractivity contribution is 4.81. The number of rotatable bonds is 20. The minimum absolute atomic E-state index is 0.0226. The van der Waals surface area contributed by atoms with Crippen LogP contribution in [-0.2, 0) is 23.7 Å². The van der Waals surface area contributed by atoms with Crippen molar-refractivity contribution in [3.63, 3.8) is 0 Å². The monoisotopic (exact) mass is 470 g/mol. The first-order chi connectivity index (χ1) is 16.1. The highest BCUT2D eigenvalue weighted by Gasteiger charge is 2.42. The van der Waals surface area contributed by atoms with Crippen LogP contribution in [0.4, 0.5) is 0 Å². The summed E-state index contributed by atoms with van der Waals surface area (Å²) in [5, 5.41) is 0. The predicted molar refractivity (Wildman–Crippen MR) is 134 cm³/mol. The van der Waals surface area contributed by atoms with E-state index in [0.29, 0.717) is 26.4 Å². The molecule has 2 saturated heterocycles. The lowest BCUT2D eigenvalue weighted by Gasteiger charge is -2.29. The number of ether oxygens (including phenoxy) is 5. The van der Waals surface area contributed by atoms with Crippen molar-refractivity contribution >= 4 is 0 Å². The molecule has 2 aliphatic rings. The highest BCUT2D eigenvalue weighted by atomic mass is 16.8. The molecule has 0 N–H and O–H groups in total. The topological polar surface area (TPSA) is 46.2 Å². The molecular weight excluding hydrogens is 416 g/mol. The number of hydrogen-bond donors (Lipinski definition) is 0. The van der Waals surface area contributed by atoms with Crippen LogP contribution in [-0.4, -0.2) is 50.2 Å². The Hall–Kier alpha value is -0.200. The summed E-state index contributed by atoms with van der Waals surface area (Å²) in [4.78, 5) is 0. The van der Waals surface area contributed by atoms with E-state index in [9.17, 15) is 0 Å². The van der Waals surface area contributed by atoms with E-state index in [1.807, 2.05) is 0 Å². The quantitative estimate of drug-likeness (QED) is 0.172. The van der Waals surface area contributed by atoms with Gasteiger partial charge in [0.15, 0.2) is 11.6 Å². The molecule has 2 unspecified atom stereocenters. The predicted octanol–water partition coefficient (Wildman–Crippen LogP) is 7.55. The van der Waals surface area contributed by atoms with Crippen molar-refractivity contribution in [3.8, 4) is 0 Å². The Morgan fingerprint density at radius 3 is 1.18 bits per heavy atom. The maximum absolute atomic E-state index is 6.46. The number of unbranched alkanes of at least 4 members (excludes halogenated alkanes) is 8. The zero-order valence-corrected chi connectivity index (χ0v) is 22.3. The zero-order valence-electron chi connectivity index (χ0n) is 22.3. The summed E-state index contributed by atoms with van der Waals surface area (Å²) >= 11 is 0. The van der Waals surface area contributed by atoms with Crippen LogP contribution in [0, 0.1) is 0 Å². The van der Waals surface area contributed by atoms with Gasteiger partial charge in [0, 0.05) is 25.7 Å². The van der Waals surface area contributed by atoms with Crippen LogP contribution in [0.1, 0.15) is 130 Å². The lowest BCUT2D eigenvalue weighted by molar-refractivity contribution is -0.191. The SMILES string of the molecule is CCCCCC1(CCCCC)OCC(COCC2COC(CCCCC)(CCCCC)O2)O1. The molecule has 0 amide bonds. The van der Waals surface area contributed by atoms with Crippen LogP contribution in [0.5, 0.6) is 0 Å². The molecule has 0 radical (unpaired) electrons. The van der Waals surface area contributed by atoms with Gasteiger partial charge in [-0.3, -0.25) is 0 Å². The van der Waals surface area contributed by atoms with Gasteiger partial charge >= 0.3 is 0 Å². The molecular formula is C28H54O5. The standard InChI is InChI=1S/C28H54O5/c1-5-9-13-17-27(18-14-10-6-2)30-23-25(32-27)21-29-22-26-24-31-28(33-26,19-15-11-7-3)20-16-12-8-4/h25-26H,5-24H2,1-4H3. The van der Waals surface area contributed by atoms with E-state index < -0.39 is 0 Å². The van der Waals surface area contributed by atoms with E-state index in [4.69, 9.17) is 23.7 Å². The Bertz CT molecular complexity index is 421. The Morgan fingerprint density at radius 1 is 0.545 bits per heavy atom. The van der Waals surface area contributed by atoms with Gasteiger partial charge in [-0.1, -0.05) is 79.1 Å². The van der Waals surface area contributed by atoms with Crippen molar-refractivity contribution in [1.82, 2.24) is 0 Å². The third-order valence-electron chi connectivity index (χ3n) is 7.08. The highest BCUT2D eigenvalue weighted by Crippen LogP contribution is 2.36. The summed E-state index contributed by atoms with van der Waals surface area (Å²) in [6, 6.07) is 0. The van der Waals surface area contributed by atoms with E-state index in [-0.39, 0.29) is 23.8 Å². The first kappa shape index (κ1) is 29.0. The van der Waals surface area contributed by atoms with Gasteiger partial charge in [0.1, 0.15) is 12.2 Å². The Kier molecular flexibility index (Phi) is 14.5. The molecule has 2 rings (SSSR count). The average Bonchev–Trinajstić information content (AvgIpc) is 3.40. The van der Waals surface area contributed by atoms with E-state index in [1.54, 1.807) is 0 Å². The Morgan fingerprint density at radius 2 is 0.879 bits per heavy atom. The van der Waals surface area contributed by atoms with E-state index in [1.165, 1.54) is 77.0 Å². The lowest BCUT2D eigenvalue weighted by atomic mass is 10.0. The van der Waals surface area contributed by atoms with Crippen LogP contribution in [0.15, 0.2) is 0 Å². The molecule has 0 aromatic carbocycles. The zero-order chi connectivity index (χ0) is 23.8. The van der Waals surface area contributed by atoms with E-state index in [2.05, 4.69) is 27.7 Å². The third kappa shape index (κ3) is 10.5. The van der Waals surface area contributed by atoms with Gasteiger partial charge in [-0.15, -0.1) is 0 Å². The molecule has 0 bridgehead atoms. The van der Waals surface area contributed by atoms with Gasteiger partial charge in [-0.05, 0) is 25.7 Å². The maximum atomic E-state index is 6.46. The molecule has 0 aliphatic carbocycles. The second-order valence-corrected chi connectivity index (χ2v) is 10.3. The third-order valence-corrected chi connectivity index (χ3v) is 7.08. The van der Waals surface area contributed by atoms with Crippen LogP contribution < -0.4 is 0 Å². The summed E-state index contributed by atoms with van der Waals surface area (Å²) in [6.45, 7) is 11.4. The van der Waals surface area contributed by atoms with Gasteiger partial charge in [-0.2, -0.15) is 0 Å². The summed E-state index contributed by atoms with van der Waals surface area (Å²) in [6.07, 6.45) is 18.5. The molecule has 2 heterocycles. The fourth-order valence-electron chi connectivity index (χ4n) is 5.08. The lowest BCUT2D eigenvalue weighted by Crippen LogP contribution is -2.33. The van der Waals surface area contributed by atoms with Gasteiger partial charge < -0.3 is 23.7 Å². The Labute approximate surface area is 204 Å². The minimum atomic E-state index is -0.390. The van der Waals surface area contributed by atoms with Crippen molar-refractivity contribution in [2.75, 3.05) is 26.4 Å². The molecule has 2 aliphatic heterocycles. The first-order valence-corrected chi connectivity index (χ1v) is 14.3. The minimum Gasteiger partial charge on any atom is -0.376 e. The smallest absolute Gasteiger partial charge is 0.169 e. The summed E-state index contributed by atoms with van der Waals surface area (Å²) in [7, 11) is 0. The van der Waals surface area contributed by atoms with Crippen LogP contribution in [0.25, 0.3) is 0 Å². The Balaban J connectivity index is 1.75. The van der Waals surface area contributed by atoms with Crippen LogP contribution in [0.3, 0.4) is 0 Å². The van der Waals surface area contributed by atoms with Gasteiger partial charge in [0.2, 0.25) is 0 Å². The molecule has 196 valence electrons. The van der Waals surface area contributed by atoms with Crippen molar-refractivity contribution in [1.29, 1.82) is 0 Å². The maximum Gasteiger partial charge on any atom is 0.169 e. The van der Waals surface area contributed by atoms with Crippen LogP contribution >= 0.6 is 0 Å².